The molecule has 0 unspecified atom stereocenters. The van der Waals surface area contributed by atoms with Crippen LogP contribution < -0.4 is 9.64 Å². The number of nitrogens with zero attached hydrogens (tertiary/aromatic N) is 3. The molecule has 1 saturated heterocycles. The molecular weight excluding hydrogens is 290 g/mol. The molecule has 5 nitrogen and oxygen atoms in total. The molecule has 2 heterocycles. The summed E-state index contributed by atoms with van der Waals surface area (Å²) in [5, 5.41) is 0. The van der Waals surface area contributed by atoms with E-state index in [1.165, 1.54) is 0 Å². The lowest BCUT2D eigenvalue weighted by atomic mass is 9.97. The predicted octanol–water partition coefficient (Wildman–Crippen LogP) is 2.92. The standard InChI is InChI=1S/C18H21N3O2/c1-13-5-3-6-16(14(13)2)23-17(22)15-7-11-21(12-8-15)18-19-9-4-10-20-18/h3-6,9-10,15H,7-8,11-12H2,1-2H3. The molecule has 0 amide bonds. The molecule has 0 atom stereocenters. The van der Waals surface area contributed by atoms with E-state index in [1.807, 2.05) is 32.0 Å². The molecule has 5 heteroatoms. The fourth-order valence-electron chi connectivity index (χ4n) is 2.80. The zero-order valence-electron chi connectivity index (χ0n) is 13.5. The quantitative estimate of drug-likeness (QED) is 0.644. The van der Waals surface area contributed by atoms with E-state index < -0.39 is 0 Å². The van der Waals surface area contributed by atoms with Crippen molar-refractivity contribution in [1.29, 1.82) is 0 Å². The Morgan fingerprint density at radius 1 is 1.13 bits per heavy atom. The minimum atomic E-state index is -0.132. The molecule has 2 aromatic rings. The number of benzene rings is 1. The maximum absolute atomic E-state index is 12.4. The molecule has 0 aliphatic carbocycles. The van der Waals surface area contributed by atoms with Crippen LogP contribution in [0.25, 0.3) is 0 Å². The molecule has 1 fully saturated rings. The molecule has 1 aromatic carbocycles. The Hall–Kier alpha value is -2.43. The van der Waals surface area contributed by atoms with E-state index in [9.17, 15) is 4.79 Å². The molecule has 0 bridgehead atoms. The van der Waals surface area contributed by atoms with Crippen LogP contribution in [-0.2, 0) is 4.79 Å². The molecule has 23 heavy (non-hydrogen) atoms. The number of hydrogen-bond donors (Lipinski definition) is 0. The first kappa shape index (κ1) is 15.5. The van der Waals surface area contributed by atoms with Gasteiger partial charge in [0.2, 0.25) is 5.95 Å². The number of carbonyl (C=O) groups excluding carboxylic acids is 1. The lowest BCUT2D eigenvalue weighted by molar-refractivity contribution is -0.139. The third kappa shape index (κ3) is 3.50. The lowest BCUT2D eigenvalue weighted by Crippen LogP contribution is -2.38. The molecule has 0 radical (unpaired) electrons. The van der Waals surface area contributed by atoms with Gasteiger partial charge in [-0.2, -0.15) is 0 Å². The van der Waals surface area contributed by atoms with Gasteiger partial charge in [-0.25, -0.2) is 9.97 Å². The molecule has 0 N–H and O–H groups in total. The molecule has 3 rings (SSSR count). The van der Waals surface area contributed by atoms with E-state index in [-0.39, 0.29) is 11.9 Å². The van der Waals surface area contributed by atoms with Gasteiger partial charge in [-0.15, -0.1) is 0 Å². The largest absolute Gasteiger partial charge is 0.426 e. The SMILES string of the molecule is Cc1cccc(OC(=O)C2CCN(c3ncccn3)CC2)c1C. The van der Waals surface area contributed by atoms with Crippen LogP contribution in [0.2, 0.25) is 0 Å². The van der Waals surface area contributed by atoms with E-state index in [2.05, 4.69) is 14.9 Å². The van der Waals surface area contributed by atoms with Crippen LogP contribution in [0, 0.1) is 19.8 Å². The fourth-order valence-corrected chi connectivity index (χ4v) is 2.80. The van der Waals surface area contributed by atoms with Crippen molar-refractivity contribution in [2.45, 2.75) is 26.7 Å². The lowest BCUT2D eigenvalue weighted by Gasteiger charge is -2.30. The third-order valence-electron chi connectivity index (χ3n) is 4.43. The summed E-state index contributed by atoms with van der Waals surface area (Å²) in [5.74, 6) is 1.21. The van der Waals surface area contributed by atoms with Crippen LogP contribution in [0.5, 0.6) is 5.75 Å². The van der Waals surface area contributed by atoms with Crippen LogP contribution in [0.3, 0.4) is 0 Å². The third-order valence-corrected chi connectivity index (χ3v) is 4.43. The maximum atomic E-state index is 12.4. The Labute approximate surface area is 136 Å². The smallest absolute Gasteiger partial charge is 0.314 e. The second-order valence-corrected chi connectivity index (χ2v) is 5.93. The van der Waals surface area contributed by atoms with E-state index in [0.717, 1.165) is 43.0 Å². The Morgan fingerprint density at radius 3 is 2.52 bits per heavy atom. The molecular formula is C18H21N3O2. The van der Waals surface area contributed by atoms with Crippen LogP contribution in [0.1, 0.15) is 24.0 Å². The normalized spacial score (nSPS) is 15.5. The maximum Gasteiger partial charge on any atom is 0.314 e. The summed E-state index contributed by atoms with van der Waals surface area (Å²) in [6.07, 6.45) is 5.01. The number of anilines is 1. The van der Waals surface area contributed by atoms with Crippen LogP contribution >= 0.6 is 0 Å². The molecule has 1 aromatic heterocycles. The highest BCUT2D eigenvalue weighted by Gasteiger charge is 2.27. The van der Waals surface area contributed by atoms with Crippen LogP contribution in [0.15, 0.2) is 36.7 Å². The second kappa shape index (κ2) is 6.77. The van der Waals surface area contributed by atoms with Gasteiger partial charge in [-0.05, 0) is 49.9 Å². The van der Waals surface area contributed by atoms with Crippen molar-refractivity contribution in [3.05, 3.63) is 47.8 Å². The summed E-state index contributed by atoms with van der Waals surface area (Å²) in [6, 6.07) is 7.59. The van der Waals surface area contributed by atoms with Crippen LogP contribution in [-0.4, -0.2) is 29.0 Å². The summed E-state index contributed by atoms with van der Waals surface area (Å²) in [7, 11) is 0. The molecule has 0 spiro atoms. The average Bonchev–Trinajstić information content (AvgIpc) is 2.60. The number of hydrogen-bond acceptors (Lipinski definition) is 5. The summed E-state index contributed by atoms with van der Waals surface area (Å²) in [5.41, 5.74) is 2.15. The van der Waals surface area contributed by atoms with Crippen molar-refractivity contribution in [2.24, 2.45) is 5.92 Å². The van der Waals surface area contributed by atoms with Gasteiger partial charge < -0.3 is 9.64 Å². The Morgan fingerprint density at radius 2 is 1.83 bits per heavy atom. The Kier molecular flexibility index (Phi) is 4.55. The second-order valence-electron chi connectivity index (χ2n) is 5.93. The van der Waals surface area contributed by atoms with Gasteiger partial charge in [-0.1, -0.05) is 12.1 Å². The molecule has 1 aliphatic heterocycles. The van der Waals surface area contributed by atoms with Gasteiger partial charge in [0.15, 0.2) is 0 Å². The minimum Gasteiger partial charge on any atom is -0.426 e. The fraction of sp³-hybridized carbons (Fsp3) is 0.389. The van der Waals surface area contributed by atoms with E-state index in [0.29, 0.717) is 5.75 Å². The number of aromatic nitrogens is 2. The number of ether oxygens (including phenoxy) is 1. The minimum absolute atomic E-state index is 0.0603. The van der Waals surface area contributed by atoms with Gasteiger partial charge in [0.25, 0.3) is 0 Å². The van der Waals surface area contributed by atoms with Crippen molar-refractivity contribution in [3.8, 4) is 5.75 Å². The van der Waals surface area contributed by atoms with E-state index in [1.54, 1.807) is 18.5 Å². The first-order chi connectivity index (χ1) is 11.1. The highest BCUT2D eigenvalue weighted by atomic mass is 16.5. The number of carbonyl (C=O) groups is 1. The summed E-state index contributed by atoms with van der Waals surface area (Å²) in [4.78, 5) is 23.0. The number of esters is 1. The molecule has 0 saturated carbocycles. The Bertz CT molecular complexity index is 680. The topological polar surface area (TPSA) is 55.3 Å². The van der Waals surface area contributed by atoms with Gasteiger partial charge in [0.05, 0.1) is 5.92 Å². The zero-order chi connectivity index (χ0) is 16.2. The van der Waals surface area contributed by atoms with Gasteiger partial charge in [0, 0.05) is 25.5 Å². The van der Waals surface area contributed by atoms with Crippen molar-refractivity contribution in [1.82, 2.24) is 9.97 Å². The zero-order valence-corrected chi connectivity index (χ0v) is 13.5. The van der Waals surface area contributed by atoms with Crippen molar-refractivity contribution >= 4 is 11.9 Å². The number of rotatable bonds is 3. The van der Waals surface area contributed by atoms with Gasteiger partial charge in [0.1, 0.15) is 5.75 Å². The first-order valence-corrected chi connectivity index (χ1v) is 7.95. The monoisotopic (exact) mass is 311 g/mol. The van der Waals surface area contributed by atoms with E-state index >= 15 is 0 Å². The summed E-state index contributed by atoms with van der Waals surface area (Å²) in [6.45, 7) is 5.55. The average molecular weight is 311 g/mol. The van der Waals surface area contributed by atoms with Crippen molar-refractivity contribution in [2.75, 3.05) is 18.0 Å². The van der Waals surface area contributed by atoms with Crippen molar-refractivity contribution < 1.29 is 9.53 Å². The van der Waals surface area contributed by atoms with Gasteiger partial charge >= 0.3 is 5.97 Å². The summed E-state index contributed by atoms with van der Waals surface area (Å²) >= 11 is 0. The predicted molar refractivity (Wildman–Crippen MR) is 88.5 cm³/mol. The molecule has 120 valence electrons. The summed E-state index contributed by atoms with van der Waals surface area (Å²) < 4.78 is 5.62. The first-order valence-electron chi connectivity index (χ1n) is 7.95. The highest BCUT2D eigenvalue weighted by molar-refractivity contribution is 5.76. The van der Waals surface area contributed by atoms with Gasteiger partial charge in [-0.3, -0.25) is 4.79 Å². The van der Waals surface area contributed by atoms with Crippen LogP contribution in [0.4, 0.5) is 5.95 Å². The van der Waals surface area contributed by atoms with Crippen molar-refractivity contribution in [3.63, 3.8) is 0 Å². The Balaban J connectivity index is 1.59. The highest BCUT2D eigenvalue weighted by Crippen LogP contribution is 2.25. The number of aryl methyl sites for hydroxylation is 1. The van der Waals surface area contributed by atoms with E-state index in [4.69, 9.17) is 4.74 Å². The molecule has 1 aliphatic rings. The number of piperidine rings is 1.